The zero-order valence-corrected chi connectivity index (χ0v) is 14.9. The van der Waals surface area contributed by atoms with Gasteiger partial charge in [0.2, 0.25) is 0 Å². The van der Waals surface area contributed by atoms with Crippen LogP contribution in [0.2, 0.25) is 5.02 Å². The van der Waals surface area contributed by atoms with E-state index in [-0.39, 0.29) is 22.9 Å². The number of phenols is 1. The van der Waals surface area contributed by atoms with E-state index in [1.165, 1.54) is 0 Å². The highest BCUT2D eigenvalue weighted by molar-refractivity contribution is 8.93. The lowest BCUT2D eigenvalue weighted by molar-refractivity contribution is 0.464. The largest absolute Gasteiger partial charge is 0.508 e. The van der Waals surface area contributed by atoms with E-state index < -0.39 is 0 Å². The molecule has 0 spiro atoms. The summed E-state index contributed by atoms with van der Waals surface area (Å²) in [6, 6.07) is 13.3. The number of aliphatic imine (C=N–C) groups is 1. The lowest BCUT2D eigenvalue weighted by atomic mass is 9.84. The second-order valence-corrected chi connectivity index (χ2v) is 5.78. The molecule has 1 aliphatic rings. The third-order valence-corrected chi connectivity index (χ3v) is 4.15. The molecule has 2 aromatic carbocycles. The number of likely N-dealkylation sites (N-methyl/N-ethyl adjacent to an activating group) is 1. The molecule has 0 aromatic heterocycles. The summed E-state index contributed by atoms with van der Waals surface area (Å²) in [5.74, 6) is 1.07. The Morgan fingerprint density at radius 1 is 1.14 bits per heavy atom. The van der Waals surface area contributed by atoms with Gasteiger partial charge in [-0.1, -0.05) is 41.9 Å². The first-order chi connectivity index (χ1) is 10.1. The number of amidine groups is 1. The minimum absolute atomic E-state index is 0. The van der Waals surface area contributed by atoms with Crippen LogP contribution in [0.3, 0.4) is 0 Å². The SMILES string of the molecule is Br.CN(C)C1=NCc2cccc(O)c2C1c1ccccc1Cl. The van der Waals surface area contributed by atoms with Gasteiger partial charge in [-0.25, -0.2) is 0 Å². The van der Waals surface area contributed by atoms with Crippen molar-refractivity contribution in [2.75, 3.05) is 14.1 Å². The Labute approximate surface area is 146 Å². The summed E-state index contributed by atoms with van der Waals surface area (Å²) >= 11 is 6.39. The molecule has 0 amide bonds. The quantitative estimate of drug-likeness (QED) is 0.802. The van der Waals surface area contributed by atoms with Gasteiger partial charge in [-0.15, -0.1) is 17.0 Å². The summed E-state index contributed by atoms with van der Waals surface area (Å²) in [7, 11) is 3.93. The molecule has 0 saturated carbocycles. The molecule has 5 heteroatoms. The van der Waals surface area contributed by atoms with Crippen LogP contribution in [0.15, 0.2) is 47.5 Å². The van der Waals surface area contributed by atoms with Crippen molar-refractivity contribution in [1.29, 1.82) is 0 Å². The molecule has 0 radical (unpaired) electrons. The van der Waals surface area contributed by atoms with E-state index >= 15 is 0 Å². The summed E-state index contributed by atoms with van der Waals surface area (Å²) < 4.78 is 0. The van der Waals surface area contributed by atoms with E-state index in [0.717, 1.165) is 22.5 Å². The summed E-state index contributed by atoms with van der Waals surface area (Å²) in [4.78, 5) is 6.67. The molecule has 1 N–H and O–H groups in total. The smallest absolute Gasteiger partial charge is 0.120 e. The second-order valence-electron chi connectivity index (χ2n) is 5.37. The highest BCUT2D eigenvalue weighted by Gasteiger charge is 2.31. The topological polar surface area (TPSA) is 35.8 Å². The van der Waals surface area contributed by atoms with Crippen molar-refractivity contribution in [3.8, 4) is 5.75 Å². The van der Waals surface area contributed by atoms with Crippen molar-refractivity contribution in [2.45, 2.75) is 12.5 Å². The van der Waals surface area contributed by atoms with Crippen molar-refractivity contribution in [3.63, 3.8) is 0 Å². The van der Waals surface area contributed by atoms with Gasteiger partial charge in [0.05, 0.1) is 12.5 Å². The second kappa shape index (κ2) is 6.71. The van der Waals surface area contributed by atoms with Crippen LogP contribution in [0.4, 0.5) is 0 Å². The number of hydrogen-bond acceptors (Lipinski definition) is 3. The third kappa shape index (κ3) is 2.85. The lowest BCUT2D eigenvalue weighted by Gasteiger charge is -2.31. The van der Waals surface area contributed by atoms with Crippen LogP contribution >= 0.6 is 28.6 Å². The van der Waals surface area contributed by atoms with Crippen molar-refractivity contribution >= 4 is 34.4 Å². The van der Waals surface area contributed by atoms with E-state index in [9.17, 15) is 5.11 Å². The maximum Gasteiger partial charge on any atom is 0.120 e. The van der Waals surface area contributed by atoms with Gasteiger partial charge in [-0.3, -0.25) is 4.99 Å². The van der Waals surface area contributed by atoms with Crippen LogP contribution in [0.25, 0.3) is 0 Å². The van der Waals surface area contributed by atoms with Gasteiger partial charge in [-0.2, -0.15) is 0 Å². The molecule has 2 aromatic rings. The number of aromatic hydroxyl groups is 1. The van der Waals surface area contributed by atoms with Crippen LogP contribution in [0, 0.1) is 0 Å². The normalized spacial score (nSPS) is 16.3. The lowest BCUT2D eigenvalue weighted by Crippen LogP contribution is -2.32. The highest BCUT2D eigenvalue weighted by Crippen LogP contribution is 2.40. The Balaban J connectivity index is 0.00000176. The highest BCUT2D eigenvalue weighted by atomic mass is 79.9. The van der Waals surface area contributed by atoms with Gasteiger partial charge in [0.1, 0.15) is 11.6 Å². The molecule has 22 heavy (non-hydrogen) atoms. The fourth-order valence-electron chi connectivity index (χ4n) is 2.86. The molecular weight excluding hydrogens is 364 g/mol. The van der Waals surface area contributed by atoms with Gasteiger partial charge >= 0.3 is 0 Å². The standard InChI is InChI=1S/C17H17ClN2O.BrH/c1-20(2)17-16(12-7-3-4-8-13(12)18)15-11(10-19-17)6-5-9-14(15)21;/h3-9,16,21H,10H2,1-2H3;1H. The monoisotopic (exact) mass is 380 g/mol. The minimum atomic E-state index is -0.140. The zero-order chi connectivity index (χ0) is 15.0. The molecular formula is C17H18BrClN2O. The molecule has 116 valence electrons. The van der Waals surface area contributed by atoms with Crippen molar-refractivity contribution in [3.05, 3.63) is 64.2 Å². The Hall–Kier alpha value is -1.52. The fraction of sp³-hybridized carbons (Fsp3) is 0.235. The summed E-state index contributed by atoms with van der Waals surface area (Å²) in [6.45, 7) is 0.582. The average molecular weight is 382 g/mol. The number of fused-ring (bicyclic) bond motifs is 1. The summed E-state index contributed by atoms with van der Waals surface area (Å²) in [6.07, 6.45) is 0. The molecule has 1 unspecified atom stereocenters. The first-order valence-electron chi connectivity index (χ1n) is 6.86. The molecule has 3 nitrogen and oxygen atoms in total. The van der Waals surface area contributed by atoms with Crippen LogP contribution < -0.4 is 0 Å². The van der Waals surface area contributed by atoms with Crippen LogP contribution in [-0.2, 0) is 6.54 Å². The Morgan fingerprint density at radius 3 is 2.55 bits per heavy atom. The van der Waals surface area contributed by atoms with Crippen LogP contribution in [-0.4, -0.2) is 29.9 Å². The van der Waals surface area contributed by atoms with Gasteiger partial charge in [0, 0.05) is 24.7 Å². The van der Waals surface area contributed by atoms with E-state index in [2.05, 4.69) is 4.99 Å². The Morgan fingerprint density at radius 2 is 1.86 bits per heavy atom. The minimum Gasteiger partial charge on any atom is -0.508 e. The van der Waals surface area contributed by atoms with Gasteiger partial charge < -0.3 is 10.0 Å². The molecule has 0 fully saturated rings. The number of phenolic OH excluding ortho intramolecular Hbond substituents is 1. The van der Waals surface area contributed by atoms with E-state index in [0.29, 0.717) is 17.3 Å². The van der Waals surface area contributed by atoms with Gasteiger partial charge in [-0.05, 0) is 23.3 Å². The number of rotatable bonds is 1. The summed E-state index contributed by atoms with van der Waals surface area (Å²) in [5, 5.41) is 11.1. The van der Waals surface area contributed by atoms with E-state index in [1.54, 1.807) is 6.07 Å². The van der Waals surface area contributed by atoms with Crippen molar-refractivity contribution < 1.29 is 5.11 Å². The Bertz CT molecular complexity index is 716. The van der Waals surface area contributed by atoms with Gasteiger partial charge in [0.15, 0.2) is 0 Å². The molecule has 0 saturated heterocycles. The maximum absolute atomic E-state index is 10.4. The molecule has 0 bridgehead atoms. The number of nitrogens with zero attached hydrogens (tertiary/aromatic N) is 2. The Kier molecular flexibility index (Phi) is 5.14. The molecule has 1 aliphatic heterocycles. The van der Waals surface area contributed by atoms with Crippen molar-refractivity contribution in [2.24, 2.45) is 4.99 Å². The molecule has 1 atom stereocenters. The third-order valence-electron chi connectivity index (χ3n) is 3.81. The average Bonchev–Trinajstić information content (AvgIpc) is 2.47. The van der Waals surface area contributed by atoms with Gasteiger partial charge in [0.25, 0.3) is 0 Å². The van der Waals surface area contributed by atoms with Crippen molar-refractivity contribution in [1.82, 2.24) is 4.90 Å². The number of halogens is 2. The first-order valence-corrected chi connectivity index (χ1v) is 7.24. The molecule has 0 aliphatic carbocycles. The summed E-state index contributed by atoms with van der Waals surface area (Å²) in [5.41, 5.74) is 2.92. The number of hydrogen-bond donors (Lipinski definition) is 1. The maximum atomic E-state index is 10.4. The van der Waals surface area contributed by atoms with E-state index in [4.69, 9.17) is 11.6 Å². The fourth-order valence-corrected chi connectivity index (χ4v) is 3.11. The first kappa shape index (κ1) is 16.8. The van der Waals surface area contributed by atoms with E-state index in [1.807, 2.05) is 55.4 Å². The molecule has 1 heterocycles. The molecule has 3 rings (SSSR count). The van der Waals surface area contributed by atoms with Crippen LogP contribution in [0.5, 0.6) is 5.75 Å². The predicted molar refractivity (Wildman–Crippen MR) is 96.5 cm³/mol. The van der Waals surface area contributed by atoms with Crippen LogP contribution in [0.1, 0.15) is 22.6 Å². The number of benzene rings is 2. The zero-order valence-electron chi connectivity index (χ0n) is 12.5. The predicted octanol–water partition coefficient (Wildman–Crippen LogP) is 4.23.